The monoisotopic (exact) mass is 508 g/mol. The van der Waals surface area contributed by atoms with Crippen LogP contribution in [0.2, 0.25) is 0 Å². The molecule has 2 heteroatoms. The van der Waals surface area contributed by atoms with Gasteiger partial charge in [0.2, 0.25) is 0 Å². The SMILES string of the molecule is CCC(C)(C)c1cc(C(C)(C)c2cc(C(C)(C)CC)c(O)c(C(C)(C)CC)c2)cc(C(C)(C)CC)c1O. The molecule has 2 rings (SSSR count). The predicted octanol–water partition coefficient (Wildman–Crippen LogP) is 10.2. The van der Waals surface area contributed by atoms with E-state index in [1.165, 1.54) is 11.1 Å². The summed E-state index contributed by atoms with van der Waals surface area (Å²) in [6.07, 6.45) is 3.78. The van der Waals surface area contributed by atoms with E-state index in [1.807, 2.05) is 0 Å². The van der Waals surface area contributed by atoms with Gasteiger partial charge in [-0.2, -0.15) is 0 Å². The summed E-state index contributed by atoms with van der Waals surface area (Å²) < 4.78 is 0. The van der Waals surface area contributed by atoms with Gasteiger partial charge in [-0.25, -0.2) is 0 Å². The highest BCUT2D eigenvalue weighted by Crippen LogP contribution is 2.48. The standard InChI is InChI=1S/C35H56O2/c1-15-31(5,6)25-19-23(20-26(29(25)36)32(7,8)16-2)35(13,14)24-21-27(33(9,10)17-3)30(37)28(22-24)34(11,12)18-4/h19-22,36-37H,15-18H2,1-14H3. The molecule has 0 aliphatic heterocycles. The van der Waals surface area contributed by atoms with E-state index in [-0.39, 0.29) is 27.1 Å². The van der Waals surface area contributed by atoms with Crippen LogP contribution in [0.1, 0.15) is 156 Å². The number of phenolic OH excluding ortho intramolecular Hbond substituents is 2. The van der Waals surface area contributed by atoms with E-state index in [1.54, 1.807) is 0 Å². The molecule has 2 aromatic carbocycles. The summed E-state index contributed by atoms with van der Waals surface area (Å²) in [4.78, 5) is 0. The zero-order valence-corrected chi connectivity index (χ0v) is 26.5. The van der Waals surface area contributed by atoms with Gasteiger partial charge in [-0.1, -0.05) is 121 Å². The smallest absolute Gasteiger partial charge is 0.123 e. The second-order valence-corrected chi connectivity index (χ2v) is 14.4. The highest BCUT2D eigenvalue weighted by molar-refractivity contribution is 5.57. The topological polar surface area (TPSA) is 40.5 Å². The van der Waals surface area contributed by atoms with Crippen LogP contribution in [0, 0.1) is 0 Å². The Hall–Kier alpha value is -1.96. The maximum absolute atomic E-state index is 11.6. The Labute approximate surface area is 228 Å². The fourth-order valence-electron chi connectivity index (χ4n) is 4.98. The van der Waals surface area contributed by atoms with Crippen molar-refractivity contribution in [3.63, 3.8) is 0 Å². The van der Waals surface area contributed by atoms with Crippen molar-refractivity contribution in [3.05, 3.63) is 57.6 Å². The molecular formula is C35H56O2. The fourth-order valence-corrected chi connectivity index (χ4v) is 4.98. The number of benzene rings is 2. The lowest BCUT2D eigenvalue weighted by molar-refractivity contribution is 0.397. The van der Waals surface area contributed by atoms with Crippen molar-refractivity contribution >= 4 is 0 Å². The fraction of sp³-hybridized carbons (Fsp3) is 0.657. The van der Waals surface area contributed by atoms with Gasteiger partial charge in [-0.05, 0) is 58.5 Å². The van der Waals surface area contributed by atoms with Gasteiger partial charge >= 0.3 is 0 Å². The molecule has 0 spiro atoms. The number of phenols is 2. The minimum atomic E-state index is -0.324. The molecule has 0 aliphatic rings. The third kappa shape index (κ3) is 5.74. The minimum Gasteiger partial charge on any atom is -0.507 e. The van der Waals surface area contributed by atoms with Gasteiger partial charge < -0.3 is 10.2 Å². The van der Waals surface area contributed by atoms with Crippen LogP contribution in [0.15, 0.2) is 24.3 Å². The van der Waals surface area contributed by atoms with Crippen LogP contribution in [0.3, 0.4) is 0 Å². The Morgan fingerprint density at radius 2 is 0.622 bits per heavy atom. The van der Waals surface area contributed by atoms with Crippen LogP contribution >= 0.6 is 0 Å². The van der Waals surface area contributed by atoms with Gasteiger partial charge in [0, 0.05) is 27.7 Å². The Bertz CT molecular complexity index is 951. The molecule has 0 bridgehead atoms. The molecule has 0 saturated carbocycles. The van der Waals surface area contributed by atoms with E-state index < -0.39 is 0 Å². The van der Waals surface area contributed by atoms with Crippen LogP contribution in [-0.2, 0) is 27.1 Å². The highest BCUT2D eigenvalue weighted by atomic mass is 16.3. The molecule has 0 amide bonds. The molecule has 0 fully saturated rings. The van der Waals surface area contributed by atoms with E-state index in [2.05, 4.69) is 121 Å². The first-order chi connectivity index (χ1) is 16.7. The van der Waals surface area contributed by atoms with Crippen molar-refractivity contribution in [2.24, 2.45) is 0 Å². The molecule has 2 N–H and O–H groups in total. The van der Waals surface area contributed by atoms with Crippen molar-refractivity contribution in [2.45, 2.75) is 150 Å². The first-order valence-electron chi connectivity index (χ1n) is 14.5. The summed E-state index contributed by atoms with van der Waals surface area (Å²) in [5.41, 5.74) is 5.63. The first-order valence-corrected chi connectivity index (χ1v) is 14.5. The van der Waals surface area contributed by atoms with E-state index >= 15 is 0 Å². The van der Waals surface area contributed by atoms with Gasteiger partial charge in [0.1, 0.15) is 11.5 Å². The average molecular weight is 509 g/mol. The maximum atomic E-state index is 11.6. The molecule has 0 radical (unpaired) electrons. The van der Waals surface area contributed by atoms with Crippen LogP contribution in [-0.4, -0.2) is 10.2 Å². The van der Waals surface area contributed by atoms with Gasteiger partial charge in [-0.15, -0.1) is 0 Å². The van der Waals surface area contributed by atoms with Crippen molar-refractivity contribution in [2.75, 3.05) is 0 Å². The summed E-state index contributed by atoms with van der Waals surface area (Å²) in [5.74, 6) is 0.897. The van der Waals surface area contributed by atoms with Crippen LogP contribution in [0.5, 0.6) is 11.5 Å². The molecule has 37 heavy (non-hydrogen) atoms. The average Bonchev–Trinajstić information content (AvgIpc) is 2.83. The molecule has 0 saturated heterocycles. The van der Waals surface area contributed by atoms with E-state index in [0.29, 0.717) is 11.5 Å². The van der Waals surface area contributed by atoms with Crippen LogP contribution < -0.4 is 0 Å². The number of aromatic hydroxyl groups is 2. The van der Waals surface area contributed by atoms with Crippen LogP contribution in [0.4, 0.5) is 0 Å². The predicted molar refractivity (Wildman–Crippen MR) is 162 cm³/mol. The maximum Gasteiger partial charge on any atom is 0.123 e. The molecule has 0 heterocycles. The Balaban J connectivity index is 3.01. The molecule has 2 aromatic rings. The summed E-state index contributed by atoms with van der Waals surface area (Å²) in [5, 5.41) is 23.1. The van der Waals surface area contributed by atoms with Crippen molar-refractivity contribution in [1.29, 1.82) is 0 Å². The number of hydrogen-bond donors (Lipinski definition) is 2. The van der Waals surface area contributed by atoms with Gasteiger partial charge in [-0.3, -0.25) is 0 Å². The lowest BCUT2D eigenvalue weighted by Gasteiger charge is -2.37. The summed E-state index contributed by atoms with van der Waals surface area (Å²) in [6, 6.07) is 8.98. The van der Waals surface area contributed by atoms with Crippen molar-refractivity contribution in [1.82, 2.24) is 0 Å². The number of hydrogen-bond acceptors (Lipinski definition) is 2. The summed E-state index contributed by atoms with van der Waals surface area (Å²) in [7, 11) is 0. The zero-order chi connectivity index (χ0) is 28.8. The van der Waals surface area contributed by atoms with Gasteiger partial charge in [0.05, 0.1) is 0 Å². The van der Waals surface area contributed by atoms with Crippen molar-refractivity contribution in [3.8, 4) is 11.5 Å². The van der Waals surface area contributed by atoms with Gasteiger partial charge in [0.25, 0.3) is 0 Å². The normalized spacial score (nSPS) is 13.8. The molecule has 0 unspecified atom stereocenters. The molecule has 2 nitrogen and oxygen atoms in total. The minimum absolute atomic E-state index is 0.144. The third-order valence-corrected chi connectivity index (χ3v) is 10.1. The van der Waals surface area contributed by atoms with Crippen LogP contribution in [0.25, 0.3) is 0 Å². The summed E-state index contributed by atoms with van der Waals surface area (Å²) >= 11 is 0. The molecule has 208 valence electrons. The van der Waals surface area contributed by atoms with E-state index in [0.717, 1.165) is 47.9 Å². The Morgan fingerprint density at radius 3 is 0.784 bits per heavy atom. The third-order valence-electron chi connectivity index (χ3n) is 10.1. The van der Waals surface area contributed by atoms with Gasteiger partial charge in [0.15, 0.2) is 0 Å². The summed E-state index contributed by atoms with van der Waals surface area (Å²) in [6.45, 7) is 31.2. The number of rotatable bonds is 10. The second kappa shape index (κ2) is 10.3. The molecule has 0 aliphatic carbocycles. The molecular weight excluding hydrogens is 452 g/mol. The quantitative estimate of drug-likeness (QED) is 0.335. The van der Waals surface area contributed by atoms with E-state index in [9.17, 15) is 10.2 Å². The Kier molecular flexibility index (Phi) is 8.71. The second-order valence-electron chi connectivity index (χ2n) is 14.4. The Morgan fingerprint density at radius 1 is 0.432 bits per heavy atom. The largest absolute Gasteiger partial charge is 0.507 e. The highest BCUT2D eigenvalue weighted by Gasteiger charge is 2.36. The lowest BCUT2D eigenvalue weighted by atomic mass is 9.68. The molecule has 0 aromatic heterocycles. The zero-order valence-electron chi connectivity index (χ0n) is 26.5. The molecule has 0 atom stereocenters. The van der Waals surface area contributed by atoms with Crippen molar-refractivity contribution < 1.29 is 10.2 Å². The lowest BCUT2D eigenvalue weighted by Crippen LogP contribution is -2.27. The first kappa shape index (κ1) is 31.3. The van der Waals surface area contributed by atoms with E-state index in [4.69, 9.17) is 0 Å².